The van der Waals surface area contributed by atoms with Gasteiger partial charge in [-0.25, -0.2) is 0 Å². The summed E-state index contributed by atoms with van der Waals surface area (Å²) in [7, 11) is 0. The fourth-order valence-corrected chi connectivity index (χ4v) is 2.83. The molecule has 0 unspecified atom stereocenters. The van der Waals surface area contributed by atoms with Crippen LogP contribution in [0.2, 0.25) is 10.0 Å². The van der Waals surface area contributed by atoms with Crippen molar-refractivity contribution >= 4 is 46.4 Å². The van der Waals surface area contributed by atoms with Crippen molar-refractivity contribution in [1.29, 1.82) is 0 Å². The Kier molecular flexibility index (Phi) is 4.78. The quantitative estimate of drug-likeness (QED) is 0.724. The number of nitrogens with one attached hydrogen (secondary N) is 2. The minimum absolute atomic E-state index is 0.0894. The van der Waals surface area contributed by atoms with Gasteiger partial charge in [0.25, 0.3) is 5.91 Å². The zero-order valence-electron chi connectivity index (χ0n) is 11.0. The van der Waals surface area contributed by atoms with Crippen molar-refractivity contribution in [3.8, 4) is 0 Å². The second kappa shape index (κ2) is 6.20. The largest absolute Gasteiger partial charge is 0.376 e. The third-order valence-corrected chi connectivity index (χ3v) is 4.63. The van der Waals surface area contributed by atoms with E-state index in [0.717, 1.165) is 25.9 Å². The highest BCUT2D eigenvalue weighted by molar-refractivity contribution is 7.80. The number of aromatic nitrogens is 1. The Bertz CT molecular complexity index is 538. The minimum atomic E-state index is -0.237. The third kappa shape index (κ3) is 3.19. The fraction of sp³-hybridized carbons (Fsp3) is 0.500. The number of nitrogens with zero attached hydrogens (tertiary/aromatic N) is 1. The van der Waals surface area contributed by atoms with Gasteiger partial charge in [0.2, 0.25) is 0 Å². The fourth-order valence-electron chi connectivity index (χ4n) is 2.23. The Morgan fingerprint density at radius 2 is 2.00 bits per heavy atom. The summed E-state index contributed by atoms with van der Waals surface area (Å²) in [4.78, 5) is 17.0. The number of H-pyrrole nitrogens is 1. The van der Waals surface area contributed by atoms with E-state index >= 15 is 0 Å². The smallest absolute Gasteiger partial charge is 0.269 e. The van der Waals surface area contributed by atoms with Gasteiger partial charge in [-0.15, -0.1) is 0 Å². The molecule has 1 saturated heterocycles. The van der Waals surface area contributed by atoms with Crippen molar-refractivity contribution in [2.24, 2.45) is 5.73 Å². The van der Waals surface area contributed by atoms with E-state index in [1.807, 2.05) is 4.90 Å². The number of nitrogens with two attached hydrogens (primary N) is 1. The number of hydrogen-bond donors (Lipinski definition) is 3. The van der Waals surface area contributed by atoms with Crippen LogP contribution in [0.4, 0.5) is 0 Å². The summed E-state index contributed by atoms with van der Waals surface area (Å²) in [5, 5.41) is 4.01. The molecule has 110 valence electrons. The maximum atomic E-state index is 12.2. The number of hydrogen-bond acceptors (Lipinski definition) is 2. The summed E-state index contributed by atoms with van der Waals surface area (Å²) in [6.07, 6.45) is 1.60. The summed E-state index contributed by atoms with van der Waals surface area (Å²) in [6.45, 7) is 3.27. The Morgan fingerprint density at radius 3 is 2.45 bits per heavy atom. The molecule has 0 bridgehead atoms. The molecule has 5 nitrogen and oxygen atoms in total. The van der Waals surface area contributed by atoms with Crippen LogP contribution in [0.15, 0.2) is 0 Å². The average molecular weight is 335 g/mol. The molecule has 2 heterocycles. The number of carbonyl (C=O) groups excluding carboxylic acids is 1. The van der Waals surface area contributed by atoms with E-state index in [9.17, 15) is 4.79 Å². The summed E-state index contributed by atoms with van der Waals surface area (Å²) >= 11 is 16.9. The standard InChI is InChI=1S/C12H16Cl2N4OS/c1-6-8(13)9(14)10(16-6)11(19)17-7-2-4-18(5-3-7)12(15)20/h7,16H,2-5H2,1H3,(H2,15,20)(H,17,19). The number of carbonyl (C=O) groups is 1. The molecule has 0 aromatic carbocycles. The van der Waals surface area contributed by atoms with Crippen LogP contribution in [0.1, 0.15) is 29.0 Å². The molecule has 0 radical (unpaired) electrons. The number of rotatable bonds is 2. The van der Waals surface area contributed by atoms with E-state index in [-0.39, 0.29) is 17.0 Å². The van der Waals surface area contributed by atoms with Crippen molar-refractivity contribution in [2.75, 3.05) is 13.1 Å². The molecule has 1 aromatic rings. The summed E-state index contributed by atoms with van der Waals surface area (Å²) in [6, 6.07) is 0.0894. The van der Waals surface area contributed by atoms with Crippen LogP contribution in [0, 0.1) is 6.92 Å². The molecule has 1 aliphatic heterocycles. The molecule has 1 aromatic heterocycles. The maximum absolute atomic E-state index is 12.2. The first-order valence-electron chi connectivity index (χ1n) is 6.29. The number of halogens is 2. The Balaban J connectivity index is 1.96. The number of piperidine rings is 1. The van der Waals surface area contributed by atoms with Crippen LogP contribution in [0.3, 0.4) is 0 Å². The zero-order chi connectivity index (χ0) is 14.9. The van der Waals surface area contributed by atoms with E-state index in [1.54, 1.807) is 6.92 Å². The van der Waals surface area contributed by atoms with E-state index in [1.165, 1.54) is 0 Å². The highest BCUT2D eigenvalue weighted by atomic mass is 35.5. The summed E-state index contributed by atoms with van der Waals surface area (Å²) in [5.41, 5.74) is 6.57. The van der Waals surface area contributed by atoms with E-state index in [4.69, 9.17) is 41.2 Å². The normalized spacial score (nSPS) is 16.2. The van der Waals surface area contributed by atoms with Crippen LogP contribution < -0.4 is 11.1 Å². The van der Waals surface area contributed by atoms with Gasteiger partial charge in [0, 0.05) is 24.8 Å². The second-order valence-electron chi connectivity index (χ2n) is 4.83. The summed E-state index contributed by atoms with van der Waals surface area (Å²) in [5.74, 6) is -0.237. The van der Waals surface area contributed by atoms with Gasteiger partial charge in [0.1, 0.15) is 5.69 Å². The van der Waals surface area contributed by atoms with Crippen molar-refractivity contribution in [3.63, 3.8) is 0 Å². The van der Waals surface area contributed by atoms with Gasteiger partial charge in [-0.05, 0) is 32.0 Å². The highest BCUT2D eigenvalue weighted by Crippen LogP contribution is 2.29. The lowest BCUT2D eigenvalue weighted by Gasteiger charge is -2.32. The molecule has 1 fully saturated rings. The number of thiocarbonyl (C=S) groups is 1. The van der Waals surface area contributed by atoms with Gasteiger partial charge in [0.05, 0.1) is 10.0 Å². The number of likely N-dealkylation sites (tertiary alicyclic amines) is 1. The van der Waals surface area contributed by atoms with Crippen molar-refractivity contribution < 1.29 is 4.79 Å². The zero-order valence-corrected chi connectivity index (χ0v) is 13.3. The van der Waals surface area contributed by atoms with Gasteiger partial charge in [-0.2, -0.15) is 0 Å². The van der Waals surface area contributed by atoms with Crippen LogP contribution in [-0.2, 0) is 0 Å². The molecule has 0 atom stereocenters. The number of amides is 1. The van der Waals surface area contributed by atoms with E-state index in [0.29, 0.717) is 21.5 Å². The molecule has 0 spiro atoms. The number of aromatic amines is 1. The Morgan fingerprint density at radius 1 is 1.40 bits per heavy atom. The van der Waals surface area contributed by atoms with Gasteiger partial charge in [0.15, 0.2) is 5.11 Å². The SMILES string of the molecule is Cc1[nH]c(C(=O)NC2CCN(C(N)=S)CC2)c(Cl)c1Cl. The molecule has 8 heteroatoms. The lowest BCUT2D eigenvalue weighted by Crippen LogP contribution is -2.48. The molecule has 1 aliphatic rings. The first-order valence-corrected chi connectivity index (χ1v) is 7.45. The first-order chi connectivity index (χ1) is 9.40. The van der Waals surface area contributed by atoms with Crippen molar-refractivity contribution in [1.82, 2.24) is 15.2 Å². The topological polar surface area (TPSA) is 74.2 Å². The monoisotopic (exact) mass is 334 g/mol. The molecule has 1 amide bonds. The van der Waals surface area contributed by atoms with E-state index < -0.39 is 0 Å². The molecular formula is C12H16Cl2N4OS. The Labute approximate surface area is 132 Å². The molecular weight excluding hydrogens is 319 g/mol. The molecule has 0 aliphatic carbocycles. The van der Waals surface area contributed by atoms with Gasteiger partial charge in [-0.3, -0.25) is 4.79 Å². The average Bonchev–Trinajstić information content (AvgIpc) is 2.67. The predicted octanol–water partition coefficient (Wildman–Crippen LogP) is 2.07. The molecule has 4 N–H and O–H groups in total. The lowest BCUT2D eigenvalue weighted by atomic mass is 10.1. The van der Waals surface area contributed by atoms with Crippen LogP contribution in [-0.4, -0.2) is 40.0 Å². The molecule has 0 saturated carbocycles. The minimum Gasteiger partial charge on any atom is -0.376 e. The lowest BCUT2D eigenvalue weighted by molar-refractivity contribution is 0.0918. The molecule has 20 heavy (non-hydrogen) atoms. The first kappa shape index (κ1) is 15.4. The van der Waals surface area contributed by atoms with Crippen molar-refractivity contribution in [2.45, 2.75) is 25.8 Å². The Hall–Kier alpha value is -0.980. The third-order valence-electron chi connectivity index (χ3n) is 3.42. The van der Waals surface area contributed by atoms with Gasteiger partial charge >= 0.3 is 0 Å². The van der Waals surface area contributed by atoms with Crippen LogP contribution in [0.5, 0.6) is 0 Å². The van der Waals surface area contributed by atoms with E-state index in [2.05, 4.69) is 10.3 Å². The molecule has 2 rings (SSSR count). The number of aryl methyl sites for hydroxylation is 1. The van der Waals surface area contributed by atoms with Gasteiger partial charge in [-0.1, -0.05) is 23.2 Å². The summed E-state index contributed by atoms with van der Waals surface area (Å²) < 4.78 is 0. The predicted molar refractivity (Wildman–Crippen MR) is 84.4 cm³/mol. The van der Waals surface area contributed by atoms with Gasteiger partial charge < -0.3 is 20.9 Å². The van der Waals surface area contributed by atoms with Crippen LogP contribution >= 0.6 is 35.4 Å². The maximum Gasteiger partial charge on any atom is 0.269 e. The van der Waals surface area contributed by atoms with Crippen molar-refractivity contribution in [3.05, 3.63) is 21.4 Å². The van der Waals surface area contributed by atoms with Crippen LogP contribution in [0.25, 0.3) is 0 Å². The second-order valence-corrected chi connectivity index (χ2v) is 6.00. The highest BCUT2D eigenvalue weighted by Gasteiger charge is 2.24.